The summed E-state index contributed by atoms with van der Waals surface area (Å²) in [5.74, 6) is 0.0163. The maximum absolute atomic E-state index is 11.1. The molecule has 0 amide bonds. The maximum atomic E-state index is 11.1. The Bertz CT molecular complexity index is 644. The lowest BCUT2D eigenvalue weighted by atomic mass is 10.2. The van der Waals surface area contributed by atoms with Gasteiger partial charge >= 0.3 is 5.97 Å². The van der Waals surface area contributed by atoms with Crippen molar-refractivity contribution in [3.63, 3.8) is 0 Å². The molecule has 2 aromatic heterocycles. The van der Waals surface area contributed by atoms with Crippen molar-refractivity contribution in [3.8, 4) is 0 Å². The molecule has 2 aromatic rings. The van der Waals surface area contributed by atoms with Gasteiger partial charge in [-0.2, -0.15) is 0 Å². The van der Waals surface area contributed by atoms with Gasteiger partial charge in [0.05, 0.1) is 17.3 Å². The first-order valence-electron chi connectivity index (χ1n) is 7.23. The topological polar surface area (TPSA) is 61.1 Å². The molecular formula is C15H20N4O2. The molecule has 112 valence electrons. The molecule has 0 atom stereocenters. The fourth-order valence-electron chi connectivity index (χ4n) is 2.68. The standard InChI is InChI=1S/C15H20N4O2/c1-17-6-8-18(9-7-17)5-4-14-16-10-13-3-2-12(15(20)21)11-19(13)14/h2-3,10-11H,4-9H2,1H3,(H,20,21). The van der Waals surface area contributed by atoms with E-state index in [2.05, 4.69) is 21.8 Å². The van der Waals surface area contributed by atoms with E-state index in [0.717, 1.165) is 50.5 Å². The quantitative estimate of drug-likeness (QED) is 0.902. The highest BCUT2D eigenvalue weighted by molar-refractivity contribution is 5.87. The molecule has 21 heavy (non-hydrogen) atoms. The van der Waals surface area contributed by atoms with Crippen molar-refractivity contribution in [2.45, 2.75) is 6.42 Å². The number of nitrogens with zero attached hydrogens (tertiary/aromatic N) is 4. The minimum atomic E-state index is -0.907. The highest BCUT2D eigenvalue weighted by Gasteiger charge is 2.14. The smallest absolute Gasteiger partial charge is 0.337 e. The number of carboxylic acid groups (broad SMARTS) is 1. The molecule has 0 bridgehead atoms. The Labute approximate surface area is 123 Å². The highest BCUT2D eigenvalue weighted by Crippen LogP contribution is 2.11. The van der Waals surface area contributed by atoms with Gasteiger partial charge in [0.15, 0.2) is 0 Å². The molecule has 1 aliphatic rings. The Morgan fingerprint density at radius 1 is 1.29 bits per heavy atom. The number of aromatic carboxylic acids is 1. The van der Waals surface area contributed by atoms with E-state index in [4.69, 9.17) is 5.11 Å². The monoisotopic (exact) mass is 288 g/mol. The van der Waals surface area contributed by atoms with Crippen LogP contribution in [-0.2, 0) is 6.42 Å². The molecule has 0 saturated carbocycles. The van der Waals surface area contributed by atoms with Gasteiger partial charge in [0.1, 0.15) is 5.82 Å². The first-order valence-corrected chi connectivity index (χ1v) is 7.23. The van der Waals surface area contributed by atoms with E-state index in [9.17, 15) is 4.79 Å². The predicted molar refractivity (Wildman–Crippen MR) is 79.8 cm³/mol. The molecular weight excluding hydrogens is 268 g/mol. The van der Waals surface area contributed by atoms with Gasteiger partial charge < -0.3 is 19.3 Å². The van der Waals surface area contributed by atoms with Gasteiger partial charge in [0.2, 0.25) is 0 Å². The van der Waals surface area contributed by atoms with Gasteiger partial charge in [-0.15, -0.1) is 0 Å². The number of imidazole rings is 1. The molecule has 6 nitrogen and oxygen atoms in total. The van der Waals surface area contributed by atoms with Crippen molar-refractivity contribution in [3.05, 3.63) is 35.9 Å². The lowest BCUT2D eigenvalue weighted by Gasteiger charge is -2.32. The van der Waals surface area contributed by atoms with Crippen molar-refractivity contribution < 1.29 is 9.90 Å². The first kappa shape index (κ1) is 14.0. The Hall–Kier alpha value is -1.92. The van der Waals surface area contributed by atoms with Crippen molar-refractivity contribution in [2.75, 3.05) is 39.8 Å². The van der Waals surface area contributed by atoms with E-state index < -0.39 is 5.97 Å². The minimum absolute atomic E-state index is 0.293. The van der Waals surface area contributed by atoms with E-state index in [-0.39, 0.29) is 0 Å². The minimum Gasteiger partial charge on any atom is -0.478 e. The number of piperazine rings is 1. The summed E-state index contributed by atoms with van der Waals surface area (Å²) in [6.07, 6.45) is 4.29. The van der Waals surface area contributed by atoms with Crippen LogP contribution in [0.15, 0.2) is 24.5 Å². The summed E-state index contributed by atoms with van der Waals surface area (Å²) in [5, 5.41) is 9.08. The summed E-state index contributed by atoms with van der Waals surface area (Å²) in [4.78, 5) is 20.3. The van der Waals surface area contributed by atoms with Gasteiger partial charge in [0, 0.05) is 45.3 Å². The van der Waals surface area contributed by atoms with Crippen LogP contribution >= 0.6 is 0 Å². The first-order chi connectivity index (χ1) is 10.1. The van der Waals surface area contributed by atoms with E-state index in [0.29, 0.717) is 5.56 Å². The highest BCUT2D eigenvalue weighted by atomic mass is 16.4. The maximum Gasteiger partial charge on any atom is 0.337 e. The number of likely N-dealkylation sites (N-methyl/N-ethyl adjacent to an activating group) is 1. The summed E-state index contributed by atoms with van der Waals surface area (Å²) < 4.78 is 1.89. The number of hydrogen-bond donors (Lipinski definition) is 1. The molecule has 0 aromatic carbocycles. The summed E-state index contributed by atoms with van der Waals surface area (Å²) in [5.41, 5.74) is 1.23. The molecule has 1 saturated heterocycles. The van der Waals surface area contributed by atoms with E-state index in [1.54, 1.807) is 24.5 Å². The Morgan fingerprint density at radius 2 is 2.05 bits per heavy atom. The normalized spacial score (nSPS) is 17.4. The number of aromatic nitrogens is 2. The lowest BCUT2D eigenvalue weighted by Crippen LogP contribution is -2.45. The third kappa shape index (κ3) is 3.06. The van der Waals surface area contributed by atoms with Crippen LogP contribution in [0.5, 0.6) is 0 Å². The van der Waals surface area contributed by atoms with Crippen molar-refractivity contribution >= 4 is 11.5 Å². The average molecular weight is 288 g/mol. The van der Waals surface area contributed by atoms with Gasteiger partial charge in [-0.1, -0.05) is 0 Å². The number of carboxylic acids is 1. The van der Waals surface area contributed by atoms with Gasteiger partial charge in [-0.25, -0.2) is 9.78 Å². The lowest BCUT2D eigenvalue weighted by molar-refractivity contribution is 0.0696. The zero-order valence-corrected chi connectivity index (χ0v) is 12.2. The number of pyridine rings is 1. The van der Waals surface area contributed by atoms with Crippen molar-refractivity contribution in [1.82, 2.24) is 19.2 Å². The summed E-state index contributed by atoms with van der Waals surface area (Å²) in [6, 6.07) is 3.42. The van der Waals surface area contributed by atoms with Crippen LogP contribution in [0.25, 0.3) is 5.52 Å². The second-order valence-corrected chi connectivity index (χ2v) is 5.59. The van der Waals surface area contributed by atoms with E-state index in [1.807, 2.05) is 4.40 Å². The molecule has 0 radical (unpaired) electrons. The van der Waals surface area contributed by atoms with Crippen LogP contribution < -0.4 is 0 Å². The molecule has 3 rings (SSSR count). The third-order valence-corrected chi connectivity index (χ3v) is 4.10. The largest absolute Gasteiger partial charge is 0.478 e. The Morgan fingerprint density at radius 3 is 2.76 bits per heavy atom. The van der Waals surface area contributed by atoms with Crippen LogP contribution in [0.4, 0.5) is 0 Å². The summed E-state index contributed by atoms with van der Waals surface area (Å²) >= 11 is 0. The number of fused-ring (bicyclic) bond motifs is 1. The molecule has 3 heterocycles. The fourth-order valence-corrected chi connectivity index (χ4v) is 2.68. The van der Waals surface area contributed by atoms with E-state index >= 15 is 0 Å². The molecule has 6 heteroatoms. The van der Waals surface area contributed by atoms with Crippen molar-refractivity contribution in [2.24, 2.45) is 0 Å². The van der Waals surface area contributed by atoms with Crippen LogP contribution in [0.3, 0.4) is 0 Å². The van der Waals surface area contributed by atoms with Gasteiger partial charge in [0.25, 0.3) is 0 Å². The van der Waals surface area contributed by atoms with E-state index in [1.165, 1.54) is 0 Å². The SMILES string of the molecule is CN1CCN(CCc2ncc3ccc(C(=O)O)cn23)CC1. The molecule has 1 aliphatic heterocycles. The summed E-state index contributed by atoms with van der Waals surface area (Å²) in [7, 11) is 2.15. The second-order valence-electron chi connectivity index (χ2n) is 5.59. The number of hydrogen-bond acceptors (Lipinski definition) is 4. The molecule has 0 aliphatic carbocycles. The molecule has 1 N–H and O–H groups in total. The van der Waals surface area contributed by atoms with Crippen LogP contribution in [0, 0.1) is 0 Å². The van der Waals surface area contributed by atoms with Gasteiger partial charge in [-0.3, -0.25) is 0 Å². The Balaban J connectivity index is 1.71. The second kappa shape index (κ2) is 5.83. The zero-order valence-electron chi connectivity index (χ0n) is 12.2. The Kier molecular flexibility index (Phi) is 3.90. The van der Waals surface area contributed by atoms with Crippen LogP contribution in [0.1, 0.15) is 16.2 Å². The number of carbonyl (C=O) groups is 1. The average Bonchev–Trinajstić information content (AvgIpc) is 2.89. The molecule has 0 unspecified atom stereocenters. The fraction of sp³-hybridized carbons (Fsp3) is 0.467. The van der Waals surface area contributed by atoms with Crippen LogP contribution in [0.2, 0.25) is 0 Å². The molecule has 1 fully saturated rings. The van der Waals surface area contributed by atoms with Crippen LogP contribution in [-0.4, -0.2) is 70.0 Å². The zero-order chi connectivity index (χ0) is 14.8. The summed E-state index contributed by atoms with van der Waals surface area (Å²) in [6.45, 7) is 5.33. The van der Waals surface area contributed by atoms with Crippen molar-refractivity contribution in [1.29, 1.82) is 0 Å². The van der Waals surface area contributed by atoms with Gasteiger partial charge in [-0.05, 0) is 19.2 Å². The third-order valence-electron chi connectivity index (χ3n) is 4.10. The predicted octanol–water partition coefficient (Wildman–Crippen LogP) is 0.822. The number of rotatable bonds is 4. The molecule has 0 spiro atoms.